The monoisotopic (exact) mass is 212 g/mol. The van der Waals surface area contributed by atoms with Crippen LogP contribution in [0.2, 0.25) is 0 Å². The van der Waals surface area contributed by atoms with Gasteiger partial charge in [0.1, 0.15) is 0 Å². The lowest BCUT2D eigenvalue weighted by molar-refractivity contribution is 0.241. The van der Waals surface area contributed by atoms with Gasteiger partial charge in [0.15, 0.2) is 0 Å². The second kappa shape index (κ2) is 5.97. The maximum atomic E-state index is 4.33. The van der Waals surface area contributed by atoms with Gasteiger partial charge in [-0.3, -0.25) is 5.01 Å². The number of nitrogens with zero attached hydrogens (tertiary/aromatic N) is 2. The molecule has 1 aliphatic heterocycles. The molecule has 0 radical (unpaired) electrons. The summed E-state index contributed by atoms with van der Waals surface area (Å²) in [4.78, 5) is 0. The Labute approximate surface area is 97.0 Å². The molecular weight excluding hydrogens is 196 g/mol. The topological polar surface area (TPSA) is 15.6 Å². The minimum absolute atomic E-state index is 1.03. The first-order valence-corrected chi connectivity index (χ1v) is 5.79. The zero-order valence-electron chi connectivity index (χ0n) is 9.39. The minimum Gasteiger partial charge on any atom is -0.296 e. The Bertz CT molecular complexity index is 392. The largest absolute Gasteiger partial charge is 0.296 e. The average Bonchev–Trinajstić information content (AvgIpc) is 2.37. The van der Waals surface area contributed by atoms with E-state index in [1.807, 2.05) is 30.3 Å². The Balaban J connectivity index is 1.86. The van der Waals surface area contributed by atoms with Crippen molar-refractivity contribution in [2.45, 2.75) is 19.3 Å². The molecule has 1 aromatic carbocycles. The molecule has 0 amide bonds. The highest BCUT2D eigenvalue weighted by atomic mass is 15.4. The van der Waals surface area contributed by atoms with Crippen molar-refractivity contribution in [3.8, 4) is 11.8 Å². The molecule has 1 aromatic rings. The van der Waals surface area contributed by atoms with E-state index in [1.165, 1.54) is 19.3 Å². The lowest BCUT2D eigenvalue weighted by Crippen LogP contribution is -2.24. The maximum Gasteiger partial charge on any atom is 0.0972 e. The molecule has 0 aliphatic carbocycles. The second-order valence-electron chi connectivity index (χ2n) is 3.89. The number of benzene rings is 1. The summed E-state index contributed by atoms with van der Waals surface area (Å²) in [7, 11) is 0. The van der Waals surface area contributed by atoms with Crippen molar-refractivity contribution in [3.63, 3.8) is 0 Å². The fraction of sp³-hybridized carbons (Fsp3) is 0.357. The average molecular weight is 212 g/mol. The van der Waals surface area contributed by atoms with E-state index in [1.54, 1.807) is 6.21 Å². The first kappa shape index (κ1) is 10.8. The van der Waals surface area contributed by atoms with Crippen LogP contribution in [0.15, 0.2) is 35.4 Å². The van der Waals surface area contributed by atoms with Gasteiger partial charge in [-0.2, -0.15) is 5.10 Å². The van der Waals surface area contributed by atoms with E-state index in [9.17, 15) is 0 Å². The Kier molecular flexibility index (Phi) is 4.01. The first-order valence-electron chi connectivity index (χ1n) is 5.79. The SMILES string of the molecule is C(#Cc1ccccc1)/C=N\N1CCCCC1. The molecule has 16 heavy (non-hydrogen) atoms. The van der Waals surface area contributed by atoms with Crippen LogP contribution in [-0.2, 0) is 0 Å². The zero-order valence-corrected chi connectivity index (χ0v) is 9.39. The lowest BCUT2D eigenvalue weighted by Gasteiger charge is -2.22. The molecule has 1 aliphatic rings. The van der Waals surface area contributed by atoms with E-state index in [-0.39, 0.29) is 0 Å². The second-order valence-corrected chi connectivity index (χ2v) is 3.89. The van der Waals surface area contributed by atoms with E-state index in [4.69, 9.17) is 0 Å². The molecule has 1 saturated heterocycles. The lowest BCUT2D eigenvalue weighted by atomic mass is 10.2. The van der Waals surface area contributed by atoms with Gasteiger partial charge in [-0.25, -0.2) is 0 Å². The van der Waals surface area contributed by atoms with E-state index < -0.39 is 0 Å². The van der Waals surface area contributed by atoms with Gasteiger partial charge in [-0.1, -0.05) is 24.1 Å². The van der Waals surface area contributed by atoms with E-state index >= 15 is 0 Å². The van der Waals surface area contributed by atoms with Crippen LogP contribution >= 0.6 is 0 Å². The molecule has 1 fully saturated rings. The van der Waals surface area contributed by atoms with Gasteiger partial charge in [0.05, 0.1) is 6.21 Å². The minimum atomic E-state index is 1.03. The summed E-state index contributed by atoms with van der Waals surface area (Å²) in [6.07, 6.45) is 5.55. The van der Waals surface area contributed by atoms with Gasteiger partial charge in [-0.15, -0.1) is 0 Å². The predicted molar refractivity (Wildman–Crippen MR) is 67.2 cm³/mol. The molecule has 0 bridgehead atoms. The Hall–Kier alpha value is -1.75. The molecule has 0 atom stereocenters. The Morgan fingerprint density at radius 1 is 1.06 bits per heavy atom. The highest BCUT2D eigenvalue weighted by Gasteiger charge is 2.05. The van der Waals surface area contributed by atoms with Crippen LogP contribution in [0.4, 0.5) is 0 Å². The summed E-state index contributed by atoms with van der Waals surface area (Å²) < 4.78 is 0. The highest BCUT2D eigenvalue weighted by molar-refractivity contribution is 5.79. The molecule has 0 saturated carbocycles. The number of piperidine rings is 1. The molecule has 82 valence electrons. The highest BCUT2D eigenvalue weighted by Crippen LogP contribution is 2.07. The first-order chi connectivity index (χ1) is 7.95. The summed E-state index contributed by atoms with van der Waals surface area (Å²) in [5.41, 5.74) is 1.03. The van der Waals surface area contributed by atoms with Gasteiger partial charge in [0.25, 0.3) is 0 Å². The molecule has 0 spiro atoms. The van der Waals surface area contributed by atoms with Gasteiger partial charge in [0.2, 0.25) is 0 Å². The van der Waals surface area contributed by atoms with Crippen LogP contribution in [0.3, 0.4) is 0 Å². The van der Waals surface area contributed by atoms with Crippen molar-refractivity contribution < 1.29 is 0 Å². The fourth-order valence-electron chi connectivity index (χ4n) is 1.74. The zero-order chi connectivity index (χ0) is 11.1. The van der Waals surface area contributed by atoms with Crippen molar-refractivity contribution in [2.75, 3.05) is 13.1 Å². The molecule has 1 heterocycles. The third-order valence-electron chi connectivity index (χ3n) is 2.61. The maximum absolute atomic E-state index is 4.33. The van der Waals surface area contributed by atoms with Gasteiger partial charge < -0.3 is 0 Å². The molecule has 2 rings (SSSR count). The van der Waals surface area contributed by atoms with Crippen molar-refractivity contribution in [1.29, 1.82) is 0 Å². The van der Waals surface area contributed by atoms with Crippen LogP contribution in [0, 0.1) is 11.8 Å². The van der Waals surface area contributed by atoms with Gasteiger partial charge >= 0.3 is 0 Å². The summed E-state index contributed by atoms with van der Waals surface area (Å²) in [6.45, 7) is 2.15. The van der Waals surface area contributed by atoms with Crippen molar-refractivity contribution >= 4 is 6.21 Å². The van der Waals surface area contributed by atoms with Crippen LogP contribution < -0.4 is 0 Å². The predicted octanol–water partition coefficient (Wildman–Crippen LogP) is 2.51. The van der Waals surface area contributed by atoms with E-state index in [2.05, 4.69) is 22.0 Å². The van der Waals surface area contributed by atoms with E-state index in [0.29, 0.717) is 0 Å². The molecule has 2 heteroatoms. The van der Waals surface area contributed by atoms with Crippen LogP contribution in [0.1, 0.15) is 24.8 Å². The number of hydrogen-bond donors (Lipinski definition) is 0. The van der Waals surface area contributed by atoms with Crippen LogP contribution in [-0.4, -0.2) is 24.3 Å². The van der Waals surface area contributed by atoms with Crippen LogP contribution in [0.5, 0.6) is 0 Å². The molecule has 0 N–H and O–H groups in total. The number of rotatable bonds is 1. The van der Waals surface area contributed by atoms with Gasteiger partial charge in [0, 0.05) is 18.7 Å². The summed E-state index contributed by atoms with van der Waals surface area (Å²) in [5.74, 6) is 6.02. The normalized spacial score (nSPS) is 15.9. The number of hydrogen-bond acceptors (Lipinski definition) is 2. The Morgan fingerprint density at radius 3 is 2.56 bits per heavy atom. The smallest absolute Gasteiger partial charge is 0.0972 e. The summed E-state index contributed by atoms with van der Waals surface area (Å²) >= 11 is 0. The van der Waals surface area contributed by atoms with Crippen molar-refractivity contribution in [1.82, 2.24) is 5.01 Å². The quantitative estimate of drug-likeness (QED) is 0.516. The third-order valence-corrected chi connectivity index (χ3v) is 2.61. The van der Waals surface area contributed by atoms with Crippen LogP contribution in [0.25, 0.3) is 0 Å². The molecule has 0 unspecified atom stereocenters. The van der Waals surface area contributed by atoms with Gasteiger partial charge in [-0.05, 0) is 37.3 Å². The van der Waals surface area contributed by atoms with E-state index in [0.717, 1.165) is 18.7 Å². The summed E-state index contributed by atoms with van der Waals surface area (Å²) in [6, 6.07) is 9.98. The fourth-order valence-corrected chi connectivity index (χ4v) is 1.74. The molecular formula is C14H16N2. The summed E-state index contributed by atoms with van der Waals surface area (Å²) in [5, 5.41) is 6.43. The molecule has 2 nitrogen and oxygen atoms in total. The molecule has 0 aromatic heterocycles. The Morgan fingerprint density at radius 2 is 1.81 bits per heavy atom. The standard InChI is InChI=1S/C14H16N2/c1-3-8-14(9-4-1)10-7-11-15-16-12-5-2-6-13-16/h1,3-4,8-9,11H,2,5-6,12-13H2/b15-11-. The third kappa shape index (κ3) is 3.43. The number of hydrazone groups is 1. The van der Waals surface area contributed by atoms with Crippen molar-refractivity contribution in [2.24, 2.45) is 5.10 Å². The van der Waals surface area contributed by atoms with Crippen molar-refractivity contribution in [3.05, 3.63) is 35.9 Å².